The molecule has 20 heavy (non-hydrogen) atoms. The lowest BCUT2D eigenvalue weighted by atomic mass is 10.1. The summed E-state index contributed by atoms with van der Waals surface area (Å²) in [5.74, 6) is 0.780. The van der Waals surface area contributed by atoms with Crippen molar-refractivity contribution in [1.29, 1.82) is 0 Å². The second-order valence-corrected chi connectivity index (χ2v) is 4.40. The lowest BCUT2D eigenvalue weighted by Crippen LogP contribution is -2.13. The summed E-state index contributed by atoms with van der Waals surface area (Å²) in [5.41, 5.74) is 1.26. The fraction of sp³-hybridized carbons (Fsp3) is 0.250. The number of hydrogen-bond acceptors (Lipinski definition) is 3. The van der Waals surface area contributed by atoms with Gasteiger partial charge in [-0.3, -0.25) is 0 Å². The van der Waals surface area contributed by atoms with Crippen LogP contribution in [0.25, 0.3) is 0 Å². The molecule has 2 aromatic rings. The quantitative estimate of drug-likeness (QED) is 0.850. The van der Waals surface area contributed by atoms with Gasteiger partial charge < -0.3 is 15.2 Å². The molecule has 2 rings (SSSR count). The monoisotopic (exact) mass is 275 g/mol. The van der Waals surface area contributed by atoms with E-state index < -0.39 is 0 Å². The standard InChI is InChI=1S/C16H18FNO2/c1-2-18-10-14-15(17)7-4-8-16(14)20-13-6-3-5-12(9-13)11-19/h3-9,18-19H,2,10-11H2,1H3. The van der Waals surface area contributed by atoms with Crippen LogP contribution in [0.2, 0.25) is 0 Å². The second kappa shape index (κ2) is 7.03. The molecule has 0 aliphatic rings. The topological polar surface area (TPSA) is 41.5 Å². The zero-order chi connectivity index (χ0) is 14.4. The van der Waals surface area contributed by atoms with Crippen molar-refractivity contribution < 1.29 is 14.2 Å². The first kappa shape index (κ1) is 14.5. The van der Waals surface area contributed by atoms with Crippen molar-refractivity contribution in [2.45, 2.75) is 20.1 Å². The molecule has 0 aliphatic heterocycles. The Bertz CT molecular complexity index is 572. The minimum atomic E-state index is -0.290. The van der Waals surface area contributed by atoms with Crippen molar-refractivity contribution in [3.05, 3.63) is 59.4 Å². The molecule has 0 saturated carbocycles. The van der Waals surface area contributed by atoms with Gasteiger partial charge in [0.25, 0.3) is 0 Å². The number of hydrogen-bond donors (Lipinski definition) is 2. The van der Waals surface area contributed by atoms with Crippen LogP contribution in [0.5, 0.6) is 11.5 Å². The van der Waals surface area contributed by atoms with Crippen molar-refractivity contribution >= 4 is 0 Å². The molecule has 0 atom stereocenters. The average molecular weight is 275 g/mol. The van der Waals surface area contributed by atoms with Gasteiger partial charge in [0.1, 0.15) is 17.3 Å². The highest BCUT2D eigenvalue weighted by Crippen LogP contribution is 2.27. The molecule has 3 nitrogen and oxygen atoms in total. The van der Waals surface area contributed by atoms with E-state index in [1.807, 2.05) is 6.92 Å². The lowest BCUT2D eigenvalue weighted by Gasteiger charge is -2.13. The van der Waals surface area contributed by atoms with Gasteiger partial charge in [-0.25, -0.2) is 4.39 Å². The number of aliphatic hydroxyl groups is 1. The van der Waals surface area contributed by atoms with Gasteiger partial charge in [-0.1, -0.05) is 25.1 Å². The van der Waals surface area contributed by atoms with Gasteiger partial charge in [-0.15, -0.1) is 0 Å². The molecule has 0 heterocycles. The molecule has 2 aromatic carbocycles. The molecule has 0 saturated heterocycles. The number of rotatable bonds is 6. The summed E-state index contributed by atoms with van der Waals surface area (Å²) in [6, 6.07) is 11.9. The van der Waals surface area contributed by atoms with Crippen molar-refractivity contribution in [3.8, 4) is 11.5 Å². The molecular weight excluding hydrogens is 257 g/mol. The Morgan fingerprint density at radius 3 is 2.75 bits per heavy atom. The number of benzene rings is 2. The van der Waals surface area contributed by atoms with Gasteiger partial charge >= 0.3 is 0 Å². The largest absolute Gasteiger partial charge is 0.457 e. The molecule has 0 fully saturated rings. The Balaban J connectivity index is 2.25. The Morgan fingerprint density at radius 1 is 1.20 bits per heavy atom. The first-order chi connectivity index (χ1) is 9.74. The molecule has 2 N–H and O–H groups in total. The number of ether oxygens (including phenoxy) is 1. The molecular formula is C16H18FNO2. The summed E-state index contributed by atoms with van der Waals surface area (Å²) in [6.07, 6.45) is 0. The number of nitrogens with one attached hydrogen (secondary N) is 1. The molecule has 0 amide bonds. The van der Waals surface area contributed by atoms with E-state index in [9.17, 15) is 4.39 Å². The first-order valence-electron chi connectivity index (χ1n) is 6.60. The molecule has 0 unspecified atom stereocenters. The van der Waals surface area contributed by atoms with Crippen LogP contribution in [-0.2, 0) is 13.2 Å². The lowest BCUT2D eigenvalue weighted by molar-refractivity contribution is 0.281. The van der Waals surface area contributed by atoms with Gasteiger partial charge in [-0.05, 0) is 36.4 Å². The van der Waals surface area contributed by atoms with Gasteiger partial charge in [0.05, 0.1) is 6.61 Å². The smallest absolute Gasteiger partial charge is 0.134 e. The fourth-order valence-corrected chi connectivity index (χ4v) is 1.89. The SMILES string of the molecule is CCNCc1c(F)cccc1Oc1cccc(CO)c1. The highest BCUT2D eigenvalue weighted by Gasteiger charge is 2.10. The third kappa shape index (κ3) is 3.56. The van der Waals surface area contributed by atoms with Crippen LogP contribution in [0.1, 0.15) is 18.1 Å². The van der Waals surface area contributed by atoms with Crippen LogP contribution in [0.4, 0.5) is 4.39 Å². The molecule has 106 valence electrons. The van der Waals surface area contributed by atoms with Crippen LogP contribution in [-0.4, -0.2) is 11.7 Å². The Hall–Kier alpha value is -1.91. The van der Waals surface area contributed by atoms with E-state index in [0.717, 1.165) is 12.1 Å². The molecule has 0 aromatic heterocycles. The predicted octanol–water partition coefficient (Wildman–Crippen LogP) is 3.22. The van der Waals surface area contributed by atoms with Crippen LogP contribution in [0.3, 0.4) is 0 Å². The fourth-order valence-electron chi connectivity index (χ4n) is 1.89. The van der Waals surface area contributed by atoms with E-state index in [4.69, 9.17) is 9.84 Å². The van der Waals surface area contributed by atoms with Gasteiger partial charge in [0.15, 0.2) is 0 Å². The second-order valence-electron chi connectivity index (χ2n) is 4.40. The minimum Gasteiger partial charge on any atom is -0.457 e. The highest BCUT2D eigenvalue weighted by molar-refractivity contribution is 5.39. The number of halogens is 1. The average Bonchev–Trinajstić information content (AvgIpc) is 2.47. The van der Waals surface area contributed by atoms with E-state index in [1.54, 1.807) is 36.4 Å². The Kier molecular flexibility index (Phi) is 5.09. The van der Waals surface area contributed by atoms with E-state index in [-0.39, 0.29) is 12.4 Å². The van der Waals surface area contributed by atoms with Crippen molar-refractivity contribution in [3.63, 3.8) is 0 Å². The van der Waals surface area contributed by atoms with Gasteiger partial charge in [0.2, 0.25) is 0 Å². The summed E-state index contributed by atoms with van der Waals surface area (Å²) in [5, 5.41) is 12.2. The minimum absolute atomic E-state index is 0.0510. The Morgan fingerprint density at radius 2 is 2.00 bits per heavy atom. The third-order valence-corrected chi connectivity index (χ3v) is 2.94. The maximum Gasteiger partial charge on any atom is 0.134 e. The van der Waals surface area contributed by atoms with Crippen LogP contribution < -0.4 is 10.1 Å². The van der Waals surface area contributed by atoms with Crippen molar-refractivity contribution in [2.24, 2.45) is 0 Å². The predicted molar refractivity (Wildman–Crippen MR) is 76.2 cm³/mol. The molecule has 0 bridgehead atoms. The summed E-state index contributed by atoms with van der Waals surface area (Å²) < 4.78 is 19.6. The van der Waals surface area contributed by atoms with Crippen LogP contribution in [0.15, 0.2) is 42.5 Å². The number of aliphatic hydroxyl groups excluding tert-OH is 1. The first-order valence-corrected chi connectivity index (χ1v) is 6.60. The molecule has 0 aliphatic carbocycles. The van der Waals surface area contributed by atoms with E-state index in [1.165, 1.54) is 6.07 Å². The van der Waals surface area contributed by atoms with Gasteiger partial charge in [-0.2, -0.15) is 0 Å². The third-order valence-electron chi connectivity index (χ3n) is 2.94. The van der Waals surface area contributed by atoms with Crippen LogP contribution >= 0.6 is 0 Å². The zero-order valence-corrected chi connectivity index (χ0v) is 11.4. The highest BCUT2D eigenvalue weighted by atomic mass is 19.1. The van der Waals surface area contributed by atoms with E-state index >= 15 is 0 Å². The maximum absolute atomic E-state index is 13.9. The summed E-state index contributed by atoms with van der Waals surface area (Å²) in [7, 11) is 0. The molecule has 4 heteroatoms. The summed E-state index contributed by atoms with van der Waals surface area (Å²) in [6.45, 7) is 3.09. The van der Waals surface area contributed by atoms with E-state index in [0.29, 0.717) is 23.6 Å². The van der Waals surface area contributed by atoms with Gasteiger partial charge in [0, 0.05) is 12.1 Å². The zero-order valence-electron chi connectivity index (χ0n) is 11.4. The van der Waals surface area contributed by atoms with Crippen LogP contribution in [0, 0.1) is 5.82 Å². The van der Waals surface area contributed by atoms with Crippen molar-refractivity contribution in [1.82, 2.24) is 5.32 Å². The summed E-state index contributed by atoms with van der Waals surface area (Å²) in [4.78, 5) is 0. The van der Waals surface area contributed by atoms with E-state index in [2.05, 4.69) is 5.32 Å². The molecule has 0 radical (unpaired) electrons. The van der Waals surface area contributed by atoms with Crippen molar-refractivity contribution in [2.75, 3.05) is 6.54 Å². The normalized spacial score (nSPS) is 10.6. The maximum atomic E-state index is 13.9. The Labute approximate surface area is 118 Å². The summed E-state index contributed by atoms with van der Waals surface area (Å²) >= 11 is 0. The molecule has 0 spiro atoms.